The van der Waals surface area contributed by atoms with E-state index in [1.807, 2.05) is 6.92 Å². The van der Waals surface area contributed by atoms with E-state index in [1.165, 1.54) is 0 Å². The molecule has 0 rings (SSSR count). The summed E-state index contributed by atoms with van der Waals surface area (Å²) in [6.07, 6.45) is 0.803. The average Bonchev–Trinajstić information content (AvgIpc) is 2.28. The van der Waals surface area contributed by atoms with E-state index in [0.717, 1.165) is 12.8 Å². The Bertz CT molecular complexity index is 190. The summed E-state index contributed by atoms with van der Waals surface area (Å²) in [7, 11) is 0. The van der Waals surface area contributed by atoms with Crippen LogP contribution in [0.15, 0.2) is 0 Å². The molecule has 6 nitrogen and oxygen atoms in total. The molecule has 1 atom stereocenters. The first-order valence-electron chi connectivity index (χ1n) is 6.10. The summed E-state index contributed by atoms with van der Waals surface area (Å²) in [5.41, 5.74) is 0. The van der Waals surface area contributed by atoms with E-state index in [2.05, 4.69) is 15.4 Å². The van der Waals surface area contributed by atoms with Gasteiger partial charge in [-0.2, -0.15) is 0 Å². The highest BCUT2D eigenvalue weighted by molar-refractivity contribution is 5.66. The third-order valence-corrected chi connectivity index (χ3v) is 1.98. The van der Waals surface area contributed by atoms with Crippen LogP contribution < -0.4 is 10.6 Å². The molecule has 0 aromatic rings. The standard InChI is InChI=1S/C11H24N2O4/c1-3-5-10(14)12-6-8-16-9-7-13-11(15)17-4-2/h10,12,14H,3-9H2,1-2H3,(H,13,15). The molecule has 0 aromatic carbocycles. The van der Waals surface area contributed by atoms with Crippen LogP contribution in [0.5, 0.6) is 0 Å². The Balaban J connectivity index is 3.16. The van der Waals surface area contributed by atoms with Crippen LogP contribution in [0.1, 0.15) is 26.7 Å². The number of nitrogens with one attached hydrogen (secondary N) is 2. The third-order valence-electron chi connectivity index (χ3n) is 1.98. The van der Waals surface area contributed by atoms with Crippen molar-refractivity contribution in [3.8, 4) is 0 Å². The lowest BCUT2D eigenvalue weighted by Crippen LogP contribution is -2.32. The van der Waals surface area contributed by atoms with Gasteiger partial charge in [-0.05, 0) is 13.3 Å². The van der Waals surface area contributed by atoms with Gasteiger partial charge in [-0.25, -0.2) is 4.79 Å². The number of aliphatic hydroxyl groups is 1. The zero-order valence-corrected chi connectivity index (χ0v) is 10.7. The van der Waals surface area contributed by atoms with Crippen LogP contribution in [-0.4, -0.2) is 50.3 Å². The van der Waals surface area contributed by atoms with Gasteiger partial charge in [-0.3, -0.25) is 5.32 Å². The van der Waals surface area contributed by atoms with E-state index in [9.17, 15) is 9.90 Å². The predicted octanol–water partition coefficient (Wildman–Crippen LogP) is 0.457. The van der Waals surface area contributed by atoms with Gasteiger partial charge in [0.2, 0.25) is 0 Å². The first-order chi connectivity index (χ1) is 8.20. The molecule has 0 aliphatic carbocycles. The lowest BCUT2D eigenvalue weighted by Gasteiger charge is -2.11. The average molecular weight is 248 g/mol. The summed E-state index contributed by atoms with van der Waals surface area (Å²) in [6, 6.07) is 0. The minimum Gasteiger partial charge on any atom is -0.450 e. The fraction of sp³-hybridized carbons (Fsp3) is 0.909. The molecular weight excluding hydrogens is 224 g/mol. The second kappa shape index (κ2) is 11.6. The largest absolute Gasteiger partial charge is 0.450 e. The Morgan fingerprint density at radius 2 is 2.00 bits per heavy atom. The maximum Gasteiger partial charge on any atom is 0.407 e. The molecule has 1 unspecified atom stereocenters. The van der Waals surface area contributed by atoms with E-state index in [4.69, 9.17) is 4.74 Å². The SMILES string of the molecule is CCCC(O)NCCOCCNC(=O)OCC. The number of aliphatic hydroxyl groups excluding tert-OH is 1. The molecule has 0 aliphatic rings. The zero-order chi connectivity index (χ0) is 12.9. The first kappa shape index (κ1) is 16.1. The van der Waals surface area contributed by atoms with Crippen molar-refractivity contribution in [1.82, 2.24) is 10.6 Å². The van der Waals surface area contributed by atoms with E-state index in [0.29, 0.717) is 32.9 Å². The molecule has 0 spiro atoms. The fourth-order valence-electron chi connectivity index (χ4n) is 1.18. The topological polar surface area (TPSA) is 79.8 Å². The Morgan fingerprint density at radius 3 is 2.65 bits per heavy atom. The van der Waals surface area contributed by atoms with Crippen LogP contribution in [0.4, 0.5) is 4.79 Å². The number of alkyl carbamates (subject to hydrolysis) is 1. The summed E-state index contributed by atoms with van der Waals surface area (Å²) in [4.78, 5) is 10.9. The molecule has 17 heavy (non-hydrogen) atoms. The molecule has 0 fully saturated rings. The van der Waals surface area contributed by atoms with Gasteiger partial charge in [0, 0.05) is 13.1 Å². The molecule has 0 heterocycles. The molecule has 0 aromatic heterocycles. The summed E-state index contributed by atoms with van der Waals surface area (Å²) in [5.74, 6) is 0. The van der Waals surface area contributed by atoms with Crippen LogP contribution in [0.25, 0.3) is 0 Å². The van der Waals surface area contributed by atoms with E-state index in [1.54, 1.807) is 6.92 Å². The number of hydrogen-bond acceptors (Lipinski definition) is 5. The minimum absolute atomic E-state index is 0.367. The summed E-state index contributed by atoms with van der Waals surface area (Å²) < 4.78 is 9.92. The number of ether oxygens (including phenoxy) is 2. The van der Waals surface area contributed by atoms with Crippen LogP contribution in [0.3, 0.4) is 0 Å². The molecule has 0 saturated heterocycles. The van der Waals surface area contributed by atoms with Crippen LogP contribution in [0, 0.1) is 0 Å². The minimum atomic E-state index is -0.457. The highest BCUT2D eigenvalue weighted by atomic mass is 16.5. The molecule has 102 valence electrons. The summed E-state index contributed by atoms with van der Waals surface area (Å²) >= 11 is 0. The maximum absolute atomic E-state index is 10.9. The first-order valence-corrected chi connectivity index (χ1v) is 6.10. The van der Waals surface area contributed by atoms with Gasteiger partial charge in [0.05, 0.1) is 19.8 Å². The smallest absolute Gasteiger partial charge is 0.407 e. The zero-order valence-electron chi connectivity index (χ0n) is 10.7. The molecular formula is C11H24N2O4. The van der Waals surface area contributed by atoms with Gasteiger partial charge in [-0.1, -0.05) is 13.3 Å². The number of carbonyl (C=O) groups is 1. The molecule has 6 heteroatoms. The van der Waals surface area contributed by atoms with Crippen molar-refractivity contribution in [2.75, 3.05) is 32.9 Å². The highest BCUT2D eigenvalue weighted by Gasteiger charge is 2.00. The Morgan fingerprint density at radius 1 is 1.29 bits per heavy atom. The highest BCUT2D eigenvalue weighted by Crippen LogP contribution is 1.90. The third kappa shape index (κ3) is 11.4. The van der Waals surface area contributed by atoms with Crippen molar-refractivity contribution >= 4 is 6.09 Å². The van der Waals surface area contributed by atoms with Crippen molar-refractivity contribution in [2.45, 2.75) is 32.9 Å². The van der Waals surface area contributed by atoms with Gasteiger partial charge in [0.25, 0.3) is 0 Å². The Labute approximate surface area is 103 Å². The van der Waals surface area contributed by atoms with Gasteiger partial charge in [0.1, 0.15) is 6.23 Å². The molecule has 0 saturated carbocycles. The van der Waals surface area contributed by atoms with Gasteiger partial charge >= 0.3 is 6.09 Å². The number of amides is 1. The number of hydrogen-bond donors (Lipinski definition) is 3. The van der Waals surface area contributed by atoms with Crippen molar-refractivity contribution in [2.24, 2.45) is 0 Å². The molecule has 1 amide bonds. The quantitative estimate of drug-likeness (QED) is 0.386. The van der Waals surface area contributed by atoms with E-state index in [-0.39, 0.29) is 0 Å². The number of carbonyl (C=O) groups excluding carboxylic acids is 1. The van der Waals surface area contributed by atoms with E-state index >= 15 is 0 Å². The van der Waals surface area contributed by atoms with Crippen LogP contribution in [-0.2, 0) is 9.47 Å². The van der Waals surface area contributed by atoms with Crippen LogP contribution >= 0.6 is 0 Å². The molecule has 0 radical (unpaired) electrons. The Kier molecular flexibility index (Phi) is 11.0. The summed E-state index contributed by atoms with van der Waals surface area (Å²) in [5, 5.41) is 14.8. The monoisotopic (exact) mass is 248 g/mol. The fourth-order valence-corrected chi connectivity index (χ4v) is 1.18. The van der Waals surface area contributed by atoms with Gasteiger partial charge in [-0.15, -0.1) is 0 Å². The normalized spacial score (nSPS) is 12.2. The maximum atomic E-state index is 10.9. The van der Waals surface area contributed by atoms with Crippen molar-refractivity contribution < 1.29 is 19.4 Å². The van der Waals surface area contributed by atoms with Gasteiger partial charge < -0.3 is 19.9 Å². The molecule has 3 N–H and O–H groups in total. The molecule has 0 aliphatic heterocycles. The van der Waals surface area contributed by atoms with Crippen LogP contribution in [0.2, 0.25) is 0 Å². The second-order valence-corrected chi connectivity index (χ2v) is 3.52. The van der Waals surface area contributed by atoms with Crippen molar-refractivity contribution in [1.29, 1.82) is 0 Å². The van der Waals surface area contributed by atoms with E-state index < -0.39 is 12.3 Å². The lowest BCUT2D eigenvalue weighted by molar-refractivity contribution is 0.0931. The summed E-state index contributed by atoms with van der Waals surface area (Å²) in [6.45, 7) is 6.10. The second-order valence-electron chi connectivity index (χ2n) is 3.52. The van der Waals surface area contributed by atoms with Crippen molar-refractivity contribution in [3.05, 3.63) is 0 Å². The predicted molar refractivity (Wildman–Crippen MR) is 64.8 cm³/mol. The molecule has 0 bridgehead atoms. The van der Waals surface area contributed by atoms with Crippen molar-refractivity contribution in [3.63, 3.8) is 0 Å². The lowest BCUT2D eigenvalue weighted by atomic mass is 10.3. The Hall–Kier alpha value is -0.850. The van der Waals surface area contributed by atoms with Gasteiger partial charge in [0.15, 0.2) is 0 Å². The number of rotatable bonds is 10.